The maximum atomic E-state index is 12.4. The third kappa shape index (κ3) is 3.18. The Balaban J connectivity index is 2.28. The van der Waals surface area contributed by atoms with Crippen molar-refractivity contribution in [3.05, 3.63) is 59.2 Å². The van der Waals surface area contributed by atoms with Crippen molar-refractivity contribution in [2.24, 2.45) is 0 Å². The SMILES string of the molecule is COc1ccc(OC)c(C(=O)Cc2cccc(C)c2)c1. The Morgan fingerprint density at radius 2 is 1.85 bits per heavy atom. The van der Waals surface area contributed by atoms with Gasteiger partial charge in [-0.05, 0) is 30.7 Å². The number of ether oxygens (including phenoxy) is 2. The zero-order valence-corrected chi connectivity index (χ0v) is 12.0. The van der Waals surface area contributed by atoms with Gasteiger partial charge < -0.3 is 9.47 Å². The van der Waals surface area contributed by atoms with Crippen LogP contribution in [-0.4, -0.2) is 20.0 Å². The predicted octanol–water partition coefficient (Wildman–Crippen LogP) is 3.44. The van der Waals surface area contributed by atoms with Crippen molar-refractivity contribution in [1.82, 2.24) is 0 Å². The Labute approximate surface area is 119 Å². The number of methoxy groups -OCH3 is 2. The molecule has 0 amide bonds. The molecule has 3 heteroatoms. The van der Waals surface area contributed by atoms with E-state index >= 15 is 0 Å². The van der Waals surface area contributed by atoms with E-state index in [1.54, 1.807) is 32.4 Å². The molecule has 0 aliphatic carbocycles. The summed E-state index contributed by atoms with van der Waals surface area (Å²) in [4.78, 5) is 12.4. The van der Waals surface area contributed by atoms with Crippen LogP contribution in [0.5, 0.6) is 11.5 Å². The molecule has 104 valence electrons. The maximum Gasteiger partial charge on any atom is 0.171 e. The smallest absolute Gasteiger partial charge is 0.171 e. The number of ketones is 1. The Morgan fingerprint density at radius 1 is 1.05 bits per heavy atom. The molecule has 0 bridgehead atoms. The lowest BCUT2D eigenvalue weighted by Crippen LogP contribution is -2.06. The maximum absolute atomic E-state index is 12.4. The molecule has 0 spiro atoms. The van der Waals surface area contributed by atoms with E-state index in [2.05, 4.69) is 0 Å². The molecule has 0 aliphatic rings. The van der Waals surface area contributed by atoms with E-state index < -0.39 is 0 Å². The summed E-state index contributed by atoms with van der Waals surface area (Å²) >= 11 is 0. The molecule has 0 heterocycles. The van der Waals surface area contributed by atoms with Crippen molar-refractivity contribution in [2.45, 2.75) is 13.3 Å². The van der Waals surface area contributed by atoms with Gasteiger partial charge in [0.15, 0.2) is 5.78 Å². The molecule has 2 aromatic carbocycles. The second-order valence-corrected chi connectivity index (χ2v) is 4.66. The first kappa shape index (κ1) is 14.1. The molecule has 2 rings (SSSR count). The summed E-state index contributed by atoms with van der Waals surface area (Å²) < 4.78 is 10.4. The number of benzene rings is 2. The van der Waals surface area contributed by atoms with Crippen LogP contribution in [0.2, 0.25) is 0 Å². The first-order valence-corrected chi connectivity index (χ1v) is 6.45. The zero-order chi connectivity index (χ0) is 14.5. The highest BCUT2D eigenvalue weighted by atomic mass is 16.5. The zero-order valence-electron chi connectivity index (χ0n) is 12.0. The van der Waals surface area contributed by atoms with Crippen LogP contribution in [0, 0.1) is 6.92 Å². The summed E-state index contributed by atoms with van der Waals surface area (Å²) in [7, 11) is 3.14. The van der Waals surface area contributed by atoms with Crippen molar-refractivity contribution < 1.29 is 14.3 Å². The fourth-order valence-electron chi connectivity index (χ4n) is 2.13. The molecule has 3 nitrogen and oxygen atoms in total. The number of hydrogen-bond donors (Lipinski definition) is 0. The lowest BCUT2D eigenvalue weighted by molar-refractivity contribution is 0.0989. The van der Waals surface area contributed by atoms with E-state index in [4.69, 9.17) is 9.47 Å². The van der Waals surface area contributed by atoms with E-state index in [1.165, 1.54) is 0 Å². The first-order chi connectivity index (χ1) is 9.63. The van der Waals surface area contributed by atoms with Gasteiger partial charge in [-0.1, -0.05) is 29.8 Å². The highest BCUT2D eigenvalue weighted by Crippen LogP contribution is 2.25. The highest BCUT2D eigenvalue weighted by Gasteiger charge is 2.14. The normalized spacial score (nSPS) is 10.2. The summed E-state index contributed by atoms with van der Waals surface area (Å²) in [5.74, 6) is 1.24. The largest absolute Gasteiger partial charge is 0.497 e. The Morgan fingerprint density at radius 3 is 2.50 bits per heavy atom. The molecule has 0 saturated heterocycles. The molecule has 0 fully saturated rings. The van der Waals surface area contributed by atoms with E-state index in [1.807, 2.05) is 31.2 Å². The molecule has 2 aromatic rings. The third-order valence-corrected chi connectivity index (χ3v) is 3.15. The van der Waals surface area contributed by atoms with Crippen LogP contribution in [-0.2, 0) is 6.42 Å². The highest BCUT2D eigenvalue weighted by molar-refractivity contribution is 6.00. The minimum atomic E-state index is 0.0198. The van der Waals surface area contributed by atoms with Gasteiger partial charge in [0.25, 0.3) is 0 Å². The Bertz CT molecular complexity index is 617. The number of carbonyl (C=O) groups is 1. The summed E-state index contributed by atoms with van der Waals surface area (Å²) in [6.07, 6.45) is 0.352. The summed E-state index contributed by atoms with van der Waals surface area (Å²) in [5.41, 5.74) is 2.70. The standard InChI is InChI=1S/C17H18O3/c1-12-5-4-6-13(9-12)10-16(18)15-11-14(19-2)7-8-17(15)20-3/h4-9,11H,10H2,1-3H3. The van der Waals surface area contributed by atoms with Gasteiger partial charge in [0, 0.05) is 6.42 Å². The number of carbonyl (C=O) groups excluding carboxylic acids is 1. The lowest BCUT2D eigenvalue weighted by Gasteiger charge is -2.10. The molecule has 0 atom stereocenters. The van der Waals surface area contributed by atoms with Crippen molar-refractivity contribution in [3.8, 4) is 11.5 Å². The minimum Gasteiger partial charge on any atom is -0.497 e. The topological polar surface area (TPSA) is 35.5 Å². The molecule has 0 unspecified atom stereocenters. The average molecular weight is 270 g/mol. The van der Waals surface area contributed by atoms with Crippen LogP contribution in [0.3, 0.4) is 0 Å². The third-order valence-electron chi connectivity index (χ3n) is 3.15. The number of hydrogen-bond acceptors (Lipinski definition) is 3. The second-order valence-electron chi connectivity index (χ2n) is 4.66. The van der Waals surface area contributed by atoms with E-state index in [0.717, 1.165) is 11.1 Å². The van der Waals surface area contributed by atoms with Crippen molar-refractivity contribution in [1.29, 1.82) is 0 Å². The van der Waals surface area contributed by atoms with E-state index in [0.29, 0.717) is 23.5 Å². The molecular formula is C17H18O3. The number of aryl methyl sites for hydroxylation is 1. The van der Waals surface area contributed by atoms with Gasteiger partial charge in [-0.25, -0.2) is 0 Å². The van der Waals surface area contributed by atoms with E-state index in [9.17, 15) is 4.79 Å². The summed E-state index contributed by atoms with van der Waals surface area (Å²) in [6.45, 7) is 2.01. The van der Waals surface area contributed by atoms with Gasteiger partial charge in [-0.2, -0.15) is 0 Å². The van der Waals surface area contributed by atoms with Crippen LogP contribution in [0.4, 0.5) is 0 Å². The summed E-state index contributed by atoms with van der Waals surface area (Å²) in [6, 6.07) is 13.2. The molecule has 0 radical (unpaired) electrons. The molecule has 20 heavy (non-hydrogen) atoms. The van der Waals surface area contributed by atoms with Gasteiger partial charge in [0.2, 0.25) is 0 Å². The van der Waals surface area contributed by atoms with Gasteiger partial charge in [0.1, 0.15) is 11.5 Å². The molecular weight excluding hydrogens is 252 g/mol. The number of Topliss-reactive ketones (excluding diaryl/α,β-unsaturated/α-hetero) is 1. The molecule has 0 saturated carbocycles. The second kappa shape index (κ2) is 6.24. The quantitative estimate of drug-likeness (QED) is 0.781. The van der Waals surface area contributed by atoms with Crippen LogP contribution in [0.25, 0.3) is 0 Å². The van der Waals surface area contributed by atoms with Crippen LogP contribution < -0.4 is 9.47 Å². The average Bonchev–Trinajstić information content (AvgIpc) is 2.46. The fourth-order valence-corrected chi connectivity index (χ4v) is 2.13. The van der Waals surface area contributed by atoms with Crippen molar-refractivity contribution in [3.63, 3.8) is 0 Å². The van der Waals surface area contributed by atoms with Gasteiger partial charge >= 0.3 is 0 Å². The van der Waals surface area contributed by atoms with Gasteiger partial charge in [-0.3, -0.25) is 4.79 Å². The Hall–Kier alpha value is -2.29. The number of rotatable bonds is 5. The molecule has 0 aliphatic heterocycles. The molecule has 0 N–H and O–H groups in total. The van der Waals surface area contributed by atoms with Crippen molar-refractivity contribution in [2.75, 3.05) is 14.2 Å². The minimum absolute atomic E-state index is 0.0198. The fraction of sp³-hybridized carbons (Fsp3) is 0.235. The Kier molecular flexibility index (Phi) is 4.41. The first-order valence-electron chi connectivity index (χ1n) is 6.45. The summed E-state index contributed by atoms with van der Waals surface area (Å²) in [5, 5.41) is 0. The monoisotopic (exact) mass is 270 g/mol. The molecule has 0 aromatic heterocycles. The predicted molar refractivity (Wildman–Crippen MR) is 78.8 cm³/mol. The van der Waals surface area contributed by atoms with E-state index in [-0.39, 0.29) is 5.78 Å². The van der Waals surface area contributed by atoms with Crippen LogP contribution >= 0.6 is 0 Å². The van der Waals surface area contributed by atoms with Gasteiger partial charge in [0.05, 0.1) is 19.8 Å². The van der Waals surface area contributed by atoms with Crippen molar-refractivity contribution >= 4 is 5.78 Å². The van der Waals surface area contributed by atoms with Crippen LogP contribution in [0.15, 0.2) is 42.5 Å². The van der Waals surface area contributed by atoms with Crippen LogP contribution in [0.1, 0.15) is 21.5 Å². The van der Waals surface area contributed by atoms with Gasteiger partial charge in [-0.15, -0.1) is 0 Å². The lowest BCUT2D eigenvalue weighted by atomic mass is 10.0.